The third kappa shape index (κ3) is 3.26. The Kier molecular flexibility index (Phi) is 4.31. The van der Waals surface area contributed by atoms with Crippen molar-refractivity contribution in [2.75, 3.05) is 28.2 Å². The molecule has 0 atom stereocenters. The highest BCUT2D eigenvalue weighted by Gasteiger charge is 2.35. The number of aromatic nitrogens is 4. The molecule has 0 aromatic carbocycles. The molecular weight excluding hydrogens is 369 g/mol. The van der Waals surface area contributed by atoms with Gasteiger partial charge < -0.3 is 15.1 Å². The largest absolute Gasteiger partial charge is 0.368 e. The average molecular weight is 389 g/mol. The molecule has 3 aromatic rings. The van der Waals surface area contributed by atoms with E-state index in [9.17, 15) is 4.39 Å². The molecule has 0 radical (unpaired) electrons. The summed E-state index contributed by atoms with van der Waals surface area (Å²) in [4.78, 5) is 21.6. The minimum Gasteiger partial charge on any atom is -0.368 e. The number of fused-ring (bicyclic) bond motifs is 2. The molecule has 6 rings (SSSR count). The predicted octanol–water partition coefficient (Wildman–Crippen LogP) is 3.44. The van der Waals surface area contributed by atoms with Crippen molar-refractivity contribution in [2.24, 2.45) is 0 Å². The number of pyridine rings is 2. The Morgan fingerprint density at radius 3 is 2.76 bits per heavy atom. The van der Waals surface area contributed by atoms with Crippen molar-refractivity contribution in [2.45, 2.75) is 18.9 Å². The van der Waals surface area contributed by atoms with Crippen LogP contribution in [0.3, 0.4) is 0 Å². The Hall–Kier alpha value is -3.55. The summed E-state index contributed by atoms with van der Waals surface area (Å²) in [5.41, 5.74) is 2.38. The molecule has 1 N–H and O–H groups in total. The molecule has 146 valence electrons. The van der Waals surface area contributed by atoms with Crippen molar-refractivity contribution < 1.29 is 4.39 Å². The molecule has 2 bridgehead atoms. The molecule has 29 heavy (non-hydrogen) atoms. The Bertz CT molecular complexity index is 1050. The summed E-state index contributed by atoms with van der Waals surface area (Å²) in [6, 6.07) is 7.51. The lowest BCUT2D eigenvalue weighted by atomic mass is 10.1. The van der Waals surface area contributed by atoms with Gasteiger partial charge in [0.15, 0.2) is 5.82 Å². The second kappa shape index (κ2) is 7.12. The Labute approximate surface area is 168 Å². The highest BCUT2D eigenvalue weighted by Crippen LogP contribution is 2.40. The summed E-state index contributed by atoms with van der Waals surface area (Å²) in [5, 5.41) is 3.28. The minimum absolute atomic E-state index is 0.280. The number of rotatable bonds is 4. The molecule has 1 saturated heterocycles. The topological polar surface area (TPSA) is 70.1 Å². The van der Waals surface area contributed by atoms with E-state index in [1.165, 1.54) is 18.6 Å². The first kappa shape index (κ1) is 17.5. The van der Waals surface area contributed by atoms with E-state index in [4.69, 9.17) is 4.98 Å². The standard InChI is InChI=1S/C21H20FN7/c1-14(26-20-4-7-23-13-25-20)29-17-5-8-28(9-6-17)19-3-2-18(27-21(19)29)15-10-16(22)12-24-11-15/h2-4,7,10-13,17H,1,5-6,8-9H2,(H,23,25,26). The molecule has 0 amide bonds. The molecule has 6 heterocycles. The van der Waals surface area contributed by atoms with Gasteiger partial charge in [0.2, 0.25) is 0 Å². The van der Waals surface area contributed by atoms with Crippen LogP contribution in [-0.4, -0.2) is 39.1 Å². The van der Waals surface area contributed by atoms with Gasteiger partial charge in [-0.2, -0.15) is 0 Å². The molecule has 0 saturated carbocycles. The highest BCUT2D eigenvalue weighted by atomic mass is 19.1. The Morgan fingerprint density at radius 1 is 1.14 bits per heavy atom. The third-order valence-corrected chi connectivity index (χ3v) is 5.40. The quantitative estimate of drug-likeness (QED) is 0.733. The molecule has 7 nitrogen and oxygen atoms in total. The van der Waals surface area contributed by atoms with Gasteiger partial charge in [-0.15, -0.1) is 0 Å². The number of anilines is 3. The number of hydrogen-bond acceptors (Lipinski definition) is 7. The fourth-order valence-corrected chi connectivity index (χ4v) is 4.04. The van der Waals surface area contributed by atoms with Gasteiger partial charge in [0.1, 0.15) is 23.8 Å². The van der Waals surface area contributed by atoms with E-state index in [0.29, 0.717) is 22.9 Å². The SMILES string of the molecule is C=C(Nc1ccncn1)N1c2nc(-c3cncc(F)c3)ccc2N2CCC1CC2. The van der Waals surface area contributed by atoms with Gasteiger partial charge in [-0.25, -0.2) is 19.3 Å². The van der Waals surface area contributed by atoms with Crippen LogP contribution in [-0.2, 0) is 0 Å². The zero-order valence-electron chi connectivity index (χ0n) is 15.8. The molecule has 3 aliphatic rings. The third-order valence-electron chi connectivity index (χ3n) is 5.40. The van der Waals surface area contributed by atoms with Crippen LogP contribution in [0.2, 0.25) is 0 Å². The summed E-state index contributed by atoms with van der Waals surface area (Å²) in [6.07, 6.45) is 8.02. The van der Waals surface area contributed by atoms with Crippen LogP contribution in [0.15, 0.2) is 61.6 Å². The molecule has 0 spiro atoms. The van der Waals surface area contributed by atoms with Crippen LogP contribution in [0.5, 0.6) is 0 Å². The Morgan fingerprint density at radius 2 is 2.00 bits per heavy atom. The first-order chi connectivity index (χ1) is 14.2. The minimum atomic E-state index is -0.380. The van der Waals surface area contributed by atoms with Crippen molar-refractivity contribution in [1.82, 2.24) is 19.9 Å². The van der Waals surface area contributed by atoms with E-state index < -0.39 is 0 Å². The van der Waals surface area contributed by atoms with Crippen LogP contribution in [0.1, 0.15) is 12.8 Å². The summed E-state index contributed by atoms with van der Waals surface area (Å²) >= 11 is 0. The van der Waals surface area contributed by atoms with Crippen molar-refractivity contribution in [1.29, 1.82) is 0 Å². The molecule has 3 aromatic heterocycles. The monoisotopic (exact) mass is 389 g/mol. The van der Waals surface area contributed by atoms with Crippen molar-refractivity contribution in [3.05, 3.63) is 67.4 Å². The number of halogens is 1. The van der Waals surface area contributed by atoms with E-state index in [1.807, 2.05) is 6.07 Å². The number of nitrogens with one attached hydrogen (secondary N) is 1. The second-order valence-corrected chi connectivity index (χ2v) is 7.19. The van der Waals surface area contributed by atoms with Gasteiger partial charge in [-0.05, 0) is 37.1 Å². The fraction of sp³-hybridized carbons (Fsp3) is 0.238. The van der Waals surface area contributed by atoms with Crippen molar-refractivity contribution >= 4 is 17.3 Å². The molecule has 8 heteroatoms. The maximum Gasteiger partial charge on any atom is 0.158 e. The van der Waals surface area contributed by atoms with Gasteiger partial charge in [0.25, 0.3) is 0 Å². The van der Waals surface area contributed by atoms with Gasteiger partial charge in [-0.1, -0.05) is 6.58 Å². The predicted molar refractivity (Wildman–Crippen MR) is 110 cm³/mol. The van der Waals surface area contributed by atoms with Crippen LogP contribution in [0, 0.1) is 5.82 Å². The number of hydrogen-bond donors (Lipinski definition) is 1. The van der Waals surface area contributed by atoms with Crippen LogP contribution in [0.25, 0.3) is 11.3 Å². The lowest BCUT2D eigenvalue weighted by Crippen LogP contribution is -2.41. The zero-order valence-corrected chi connectivity index (χ0v) is 15.8. The molecule has 0 unspecified atom stereocenters. The number of piperidine rings is 1. The second-order valence-electron chi connectivity index (χ2n) is 7.19. The number of nitrogens with zero attached hydrogens (tertiary/aromatic N) is 6. The highest BCUT2D eigenvalue weighted by molar-refractivity contribution is 5.76. The van der Waals surface area contributed by atoms with E-state index in [-0.39, 0.29) is 11.9 Å². The fourth-order valence-electron chi connectivity index (χ4n) is 4.04. The van der Waals surface area contributed by atoms with Gasteiger partial charge >= 0.3 is 0 Å². The van der Waals surface area contributed by atoms with Crippen molar-refractivity contribution in [3.63, 3.8) is 0 Å². The lowest BCUT2D eigenvalue weighted by molar-refractivity contribution is 0.500. The van der Waals surface area contributed by atoms with E-state index in [2.05, 4.69) is 42.7 Å². The summed E-state index contributed by atoms with van der Waals surface area (Å²) in [7, 11) is 0. The zero-order chi connectivity index (χ0) is 19.8. The van der Waals surface area contributed by atoms with E-state index in [1.54, 1.807) is 18.5 Å². The van der Waals surface area contributed by atoms with Crippen LogP contribution < -0.4 is 15.1 Å². The van der Waals surface area contributed by atoms with Gasteiger partial charge in [-0.3, -0.25) is 4.98 Å². The molecular formula is C21H20FN7. The van der Waals surface area contributed by atoms with Crippen molar-refractivity contribution in [3.8, 4) is 11.3 Å². The smallest absolute Gasteiger partial charge is 0.158 e. The first-order valence-corrected chi connectivity index (χ1v) is 9.57. The van der Waals surface area contributed by atoms with Gasteiger partial charge in [0, 0.05) is 37.1 Å². The summed E-state index contributed by atoms with van der Waals surface area (Å²) in [5.74, 6) is 1.82. The molecule has 1 fully saturated rings. The molecule has 3 aliphatic heterocycles. The van der Waals surface area contributed by atoms with E-state index >= 15 is 0 Å². The Balaban J connectivity index is 1.57. The lowest BCUT2D eigenvalue weighted by Gasteiger charge is -2.34. The normalized spacial score (nSPS) is 15.8. The molecule has 0 aliphatic carbocycles. The first-order valence-electron chi connectivity index (χ1n) is 9.57. The van der Waals surface area contributed by atoms with E-state index in [0.717, 1.165) is 37.4 Å². The summed E-state index contributed by atoms with van der Waals surface area (Å²) < 4.78 is 13.7. The van der Waals surface area contributed by atoms with Gasteiger partial charge in [0.05, 0.1) is 17.6 Å². The maximum absolute atomic E-state index is 13.7. The van der Waals surface area contributed by atoms with Crippen LogP contribution in [0.4, 0.5) is 21.7 Å². The average Bonchev–Trinajstić information content (AvgIpc) is 3.00. The van der Waals surface area contributed by atoms with Crippen LogP contribution >= 0.6 is 0 Å². The maximum atomic E-state index is 13.7. The summed E-state index contributed by atoms with van der Waals surface area (Å²) in [6.45, 7) is 6.21.